The summed E-state index contributed by atoms with van der Waals surface area (Å²) in [5, 5.41) is 7.11. The molecule has 1 saturated carbocycles. The minimum absolute atomic E-state index is 0.0389. The van der Waals surface area contributed by atoms with Crippen LogP contribution in [0.5, 0.6) is 0 Å². The summed E-state index contributed by atoms with van der Waals surface area (Å²) in [6, 6.07) is 0.518. The molecule has 2 atom stereocenters. The van der Waals surface area contributed by atoms with Gasteiger partial charge in [-0.15, -0.1) is 0 Å². The fourth-order valence-corrected chi connectivity index (χ4v) is 2.57. The van der Waals surface area contributed by atoms with Crippen molar-refractivity contribution in [1.29, 1.82) is 0 Å². The summed E-state index contributed by atoms with van der Waals surface area (Å²) < 4.78 is 27.5. The van der Waals surface area contributed by atoms with Crippen LogP contribution in [-0.2, 0) is 0 Å². The first kappa shape index (κ1) is 12.3. The molecule has 2 aliphatic rings. The number of alkyl halides is 2. The van der Waals surface area contributed by atoms with E-state index in [0.717, 1.165) is 12.8 Å². The molecule has 6 nitrogen and oxygen atoms in total. The zero-order valence-electron chi connectivity index (χ0n) is 10.1. The summed E-state index contributed by atoms with van der Waals surface area (Å²) in [5.74, 6) is 5.36. The summed E-state index contributed by atoms with van der Waals surface area (Å²) in [7, 11) is 0. The van der Waals surface area contributed by atoms with E-state index in [0.29, 0.717) is 18.2 Å². The molecule has 1 aromatic heterocycles. The Hall–Kier alpha value is -1.70. The van der Waals surface area contributed by atoms with Crippen LogP contribution in [0.1, 0.15) is 35.8 Å². The molecule has 4 N–H and O–H groups in total. The molecule has 0 radical (unpaired) electrons. The van der Waals surface area contributed by atoms with Crippen molar-refractivity contribution in [2.24, 2.45) is 11.8 Å². The number of nitrogens with two attached hydrogens (primary N) is 1. The number of hydrogen-bond donors (Lipinski definition) is 3. The van der Waals surface area contributed by atoms with E-state index in [1.807, 2.05) is 5.43 Å². The smallest absolute Gasteiger partial charge is 0.285 e. The molecule has 1 fully saturated rings. The molecule has 1 aliphatic carbocycles. The molecule has 0 saturated heterocycles. The van der Waals surface area contributed by atoms with Gasteiger partial charge in [0.05, 0.1) is 0 Å². The van der Waals surface area contributed by atoms with Gasteiger partial charge in [-0.05, 0) is 25.2 Å². The highest BCUT2D eigenvalue weighted by molar-refractivity contribution is 5.92. The van der Waals surface area contributed by atoms with E-state index in [9.17, 15) is 13.6 Å². The van der Waals surface area contributed by atoms with Crippen LogP contribution in [0.4, 0.5) is 14.6 Å². The lowest BCUT2D eigenvalue weighted by atomic mass is 10.0. The van der Waals surface area contributed by atoms with Gasteiger partial charge in [-0.1, -0.05) is 0 Å². The van der Waals surface area contributed by atoms with Crippen LogP contribution >= 0.6 is 0 Å². The lowest BCUT2D eigenvalue weighted by Gasteiger charge is -2.31. The summed E-state index contributed by atoms with van der Waals surface area (Å²) in [6.45, 7) is 0. The number of amides is 1. The standard InChI is InChI=1S/C11H15F2N5O/c12-10(13)8-3-6(5-1-2-5)15-9-4-7(11(19)16-14)17-18(8)9/h4-6,8,10,15H,1-3,14H2,(H,16,19). The molecule has 1 aromatic rings. The van der Waals surface area contributed by atoms with Gasteiger partial charge in [0.25, 0.3) is 12.3 Å². The lowest BCUT2D eigenvalue weighted by molar-refractivity contribution is 0.0640. The maximum atomic E-state index is 13.1. The van der Waals surface area contributed by atoms with Crippen molar-refractivity contribution in [2.45, 2.75) is 37.8 Å². The van der Waals surface area contributed by atoms with Gasteiger partial charge in [0.2, 0.25) is 0 Å². The second-order valence-electron chi connectivity index (χ2n) is 5.06. The molecule has 19 heavy (non-hydrogen) atoms. The number of aromatic nitrogens is 2. The number of carbonyl (C=O) groups excluding carboxylic acids is 1. The number of carbonyl (C=O) groups is 1. The van der Waals surface area contributed by atoms with Crippen molar-refractivity contribution >= 4 is 11.7 Å². The van der Waals surface area contributed by atoms with Crippen molar-refractivity contribution in [3.05, 3.63) is 11.8 Å². The summed E-state index contributed by atoms with van der Waals surface area (Å²) in [5.41, 5.74) is 2.00. The molecule has 8 heteroatoms. The number of fused-ring (bicyclic) bond motifs is 1. The average molecular weight is 271 g/mol. The van der Waals surface area contributed by atoms with Gasteiger partial charge in [0.15, 0.2) is 5.69 Å². The molecule has 0 bridgehead atoms. The zero-order valence-corrected chi connectivity index (χ0v) is 10.1. The fourth-order valence-electron chi connectivity index (χ4n) is 2.57. The van der Waals surface area contributed by atoms with Gasteiger partial charge in [-0.25, -0.2) is 19.3 Å². The maximum Gasteiger partial charge on any atom is 0.285 e. The molecule has 3 rings (SSSR count). The van der Waals surface area contributed by atoms with Gasteiger partial charge in [-0.3, -0.25) is 10.2 Å². The van der Waals surface area contributed by atoms with Crippen LogP contribution in [0.15, 0.2) is 6.07 Å². The Bertz CT molecular complexity index is 499. The Kier molecular flexibility index (Phi) is 2.89. The van der Waals surface area contributed by atoms with Crippen LogP contribution in [0.3, 0.4) is 0 Å². The number of halogens is 2. The van der Waals surface area contributed by atoms with Crippen LogP contribution in [-0.4, -0.2) is 28.2 Å². The Morgan fingerprint density at radius 2 is 2.32 bits per heavy atom. The number of nitrogens with zero attached hydrogens (tertiary/aromatic N) is 2. The molecular formula is C11H15F2N5O. The molecule has 1 amide bonds. The van der Waals surface area contributed by atoms with E-state index in [2.05, 4.69) is 10.4 Å². The third-order valence-electron chi connectivity index (χ3n) is 3.72. The van der Waals surface area contributed by atoms with E-state index in [4.69, 9.17) is 5.84 Å². The minimum atomic E-state index is -2.50. The lowest BCUT2D eigenvalue weighted by Crippen LogP contribution is -2.36. The number of hydrogen-bond acceptors (Lipinski definition) is 4. The van der Waals surface area contributed by atoms with Crippen molar-refractivity contribution in [1.82, 2.24) is 15.2 Å². The normalized spacial score (nSPS) is 25.9. The van der Waals surface area contributed by atoms with E-state index >= 15 is 0 Å². The van der Waals surface area contributed by atoms with Gasteiger partial charge >= 0.3 is 0 Å². The first-order valence-electron chi connectivity index (χ1n) is 6.25. The summed E-state index contributed by atoms with van der Waals surface area (Å²) in [4.78, 5) is 11.4. The zero-order chi connectivity index (χ0) is 13.6. The van der Waals surface area contributed by atoms with Crippen LogP contribution in [0.2, 0.25) is 0 Å². The Balaban J connectivity index is 1.92. The Labute approximate surface area is 108 Å². The minimum Gasteiger partial charge on any atom is -0.367 e. The quantitative estimate of drug-likeness (QED) is 0.433. The predicted octanol–water partition coefficient (Wildman–Crippen LogP) is 0.887. The molecule has 2 unspecified atom stereocenters. The van der Waals surface area contributed by atoms with E-state index in [-0.39, 0.29) is 11.7 Å². The molecule has 1 aliphatic heterocycles. The first-order chi connectivity index (χ1) is 9.10. The monoisotopic (exact) mass is 271 g/mol. The van der Waals surface area contributed by atoms with Gasteiger partial charge < -0.3 is 5.32 Å². The number of nitrogen functional groups attached to an aromatic ring is 1. The largest absolute Gasteiger partial charge is 0.367 e. The van der Waals surface area contributed by atoms with Crippen molar-refractivity contribution in [2.75, 3.05) is 5.32 Å². The second kappa shape index (κ2) is 4.44. The van der Waals surface area contributed by atoms with Crippen LogP contribution in [0.25, 0.3) is 0 Å². The summed E-state index contributed by atoms with van der Waals surface area (Å²) >= 11 is 0. The third kappa shape index (κ3) is 2.16. The van der Waals surface area contributed by atoms with Crippen molar-refractivity contribution in [3.8, 4) is 0 Å². The van der Waals surface area contributed by atoms with Crippen LogP contribution < -0.4 is 16.6 Å². The topological polar surface area (TPSA) is 85.0 Å². The van der Waals surface area contributed by atoms with E-state index < -0.39 is 18.4 Å². The number of nitrogens with one attached hydrogen (secondary N) is 2. The molecule has 104 valence electrons. The van der Waals surface area contributed by atoms with Crippen molar-refractivity contribution in [3.63, 3.8) is 0 Å². The highest BCUT2D eigenvalue weighted by Gasteiger charge is 2.40. The average Bonchev–Trinajstić information content (AvgIpc) is 3.15. The molecule has 2 heterocycles. The van der Waals surface area contributed by atoms with Gasteiger partial charge in [0, 0.05) is 12.1 Å². The fraction of sp³-hybridized carbons (Fsp3) is 0.636. The van der Waals surface area contributed by atoms with E-state index in [1.54, 1.807) is 0 Å². The van der Waals surface area contributed by atoms with Crippen LogP contribution in [0, 0.1) is 5.92 Å². The summed E-state index contributed by atoms with van der Waals surface area (Å²) in [6.07, 6.45) is -0.0351. The number of rotatable bonds is 3. The maximum absolute atomic E-state index is 13.1. The first-order valence-corrected chi connectivity index (χ1v) is 6.25. The number of anilines is 1. The number of hydrazine groups is 1. The molecule has 0 spiro atoms. The Morgan fingerprint density at radius 1 is 1.58 bits per heavy atom. The van der Waals surface area contributed by atoms with Gasteiger partial charge in [0.1, 0.15) is 11.9 Å². The highest BCUT2D eigenvalue weighted by Crippen LogP contribution is 2.42. The van der Waals surface area contributed by atoms with Crippen molar-refractivity contribution < 1.29 is 13.6 Å². The predicted molar refractivity (Wildman–Crippen MR) is 63.7 cm³/mol. The van der Waals surface area contributed by atoms with E-state index in [1.165, 1.54) is 10.7 Å². The SMILES string of the molecule is NNC(=O)c1cc2n(n1)C(C(F)F)CC(C1CC1)N2. The molecule has 0 aromatic carbocycles. The third-order valence-corrected chi connectivity index (χ3v) is 3.72. The second-order valence-corrected chi connectivity index (χ2v) is 5.06. The molecular weight excluding hydrogens is 256 g/mol. The Morgan fingerprint density at radius 3 is 2.89 bits per heavy atom. The highest BCUT2D eigenvalue weighted by atomic mass is 19.3. The van der Waals surface area contributed by atoms with Gasteiger partial charge in [-0.2, -0.15) is 5.10 Å².